The summed E-state index contributed by atoms with van der Waals surface area (Å²) in [4.78, 5) is 0. The van der Waals surface area contributed by atoms with Gasteiger partial charge in [0.25, 0.3) is 0 Å². The molecule has 1 saturated carbocycles. The standard InChI is InChI=1S/C16H25NO/c1-16(11-7-4-8-12-16)15(17-2)13-9-5-6-10-14(13)18-3/h5-6,9-10,15,17H,4,7-8,11-12H2,1-3H3. The van der Waals surface area contributed by atoms with Crippen molar-refractivity contribution in [2.45, 2.75) is 45.1 Å². The van der Waals surface area contributed by atoms with Crippen LogP contribution in [0.2, 0.25) is 0 Å². The van der Waals surface area contributed by atoms with Crippen LogP contribution in [0.25, 0.3) is 0 Å². The highest BCUT2D eigenvalue weighted by Gasteiger charge is 2.36. The normalized spacial score (nSPS) is 20.4. The summed E-state index contributed by atoms with van der Waals surface area (Å²) in [5, 5.41) is 3.52. The van der Waals surface area contributed by atoms with Crippen LogP contribution in [0.5, 0.6) is 5.75 Å². The molecular formula is C16H25NO. The predicted octanol–water partition coefficient (Wildman–Crippen LogP) is 3.93. The van der Waals surface area contributed by atoms with Crippen LogP contribution in [0.4, 0.5) is 0 Å². The molecule has 1 N–H and O–H groups in total. The molecule has 1 aliphatic carbocycles. The fourth-order valence-electron chi connectivity index (χ4n) is 3.43. The van der Waals surface area contributed by atoms with Crippen LogP contribution in [0.15, 0.2) is 24.3 Å². The summed E-state index contributed by atoms with van der Waals surface area (Å²) in [6.07, 6.45) is 6.69. The fraction of sp³-hybridized carbons (Fsp3) is 0.625. The molecule has 0 aliphatic heterocycles. The van der Waals surface area contributed by atoms with Gasteiger partial charge in [0, 0.05) is 11.6 Å². The first kappa shape index (κ1) is 13.4. The van der Waals surface area contributed by atoms with Gasteiger partial charge in [0.05, 0.1) is 7.11 Å². The number of hydrogen-bond acceptors (Lipinski definition) is 2. The highest BCUT2D eigenvalue weighted by molar-refractivity contribution is 5.37. The second-order valence-corrected chi connectivity index (χ2v) is 5.68. The Hall–Kier alpha value is -1.02. The SMILES string of the molecule is CNC(c1ccccc1OC)C1(C)CCCCC1. The van der Waals surface area contributed by atoms with Crippen molar-refractivity contribution in [1.29, 1.82) is 0 Å². The Bertz CT molecular complexity index is 382. The van der Waals surface area contributed by atoms with E-state index in [9.17, 15) is 0 Å². The van der Waals surface area contributed by atoms with Crippen molar-refractivity contribution >= 4 is 0 Å². The van der Waals surface area contributed by atoms with Gasteiger partial charge in [0.1, 0.15) is 5.75 Å². The summed E-state index contributed by atoms with van der Waals surface area (Å²) in [5.74, 6) is 1.00. The van der Waals surface area contributed by atoms with Gasteiger partial charge in [-0.05, 0) is 31.4 Å². The topological polar surface area (TPSA) is 21.3 Å². The average molecular weight is 247 g/mol. The van der Waals surface area contributed by atoms with Crippen molar-refractivity contribution < 1.29 is 4.74 Å². The maximum atomic E-state index is 5.52. The van der Waals surface area contributed by atoms with E-state index in [0.29, 0.717) is 11.5 Å². The molecule has 0 saturated heterocycles. The molecule has 2 nitrogen and oxygen atoms in total. The van der Waals surface area contributed by atoms with Gasteiger partial charge >= 0.3 is 0 Å². The third-order valence-corrected chi connectivity index (χ3v) is 4.43. The van der Waals surface area contributed by atoms with Gasteiger partial charge in [-0.1, -0.05) is 44.4 Å². The second kappa shape index (κ2) is 5.75. The lowest BCUT2D eigenvalue weighted by Gasteiger charge is -2.41. The Morgan fingerprint density at radius 3 is 2.44 bits per heavy atom. The molecule has 18 heavy (non-hydrogen) atoms. The minimum atomic E-state index is 0.349. The Balaban J connectivity index is 2.32. The minimum absolute atomic E-state index is 0.349. The van der Waals surface area contributed by atoms with E-state index in [1.807, 2.05) is 6.07 Å². The van der Waals surface area contributed by atoms with Crippen LogP contribution in [-0.4, -0.2) is 14.2 Å². The van der Waals surface area contributed by atoms with Crippen LogP contribution in [0.3, 0.4) is 0 Å². The average Bonchev–Trinajstić information content (AvgIpc) is 2.40. The van der Waals surface area contributed by atoms with E-state index in [2.05, 4.69) is 37.5 Å². The van der Waals surface area contributed by atoms with Crippen LogP contribution in [0, 0.1) is 5.41 Å². The third-order valence-electron chi connectivity index (χ3n) is 4.43. The van der Waals surface area contributed by atoms with Gasteiger partial charge < -0.3 is 10.1 Å². The van der Waals surface area contributed by atoms with Crippen molar-refractivity contribution in [2.24, 2.45) is 5.41 Å². The Morgan fingerprint density at radius 2 is 1.83 bits per heavy atom. The lowest BCUT2D eigenvalue weighted by atomic mass is 9.68. The molecule has 100 valence electrons. The predicted molar refractivity (Wildman–Crippen MR) is 76.0 cm³/mol. The van der Waals surface area contributed by atoms with E-state index in [0.717, 1.165) is 5.75 Å². The smallest absolute Gasteiger partial charge is 0.123 e. The third kappa shape index (κ3) is 2.54. The first-order valence-corrected chi connectivity index (χ1v) is 7.01. The van der Waals surface area contributed by atoms with E-state index >= 15 is 0 Å². The Morgan fingerprint density at radius 1 is 1.17 bits per heavy atom. The molecular weight excluding hydrogens is 222 g/mol. The molecule has 1 unspecified atom stereocenters. The maximum absolute atomic E-state index is 5.52. The molecule has 1 atom stereocenters. The minimum Gasteiger partial charge on any atom is -0.496 e. The van der Waals surface area contributed by atoms with Gasteiger partial charge in [-0.15, -0.1) is 0 Å². The van der Waals surface area contributed by atoms with Gasteiger partial charge in [-0.25, -0.2) is 0 Å². The zero-order valence-corrected chi connectivity index (χ0v) is 11.8. The quantitative estimate of drug-likeness (QED) is 0.870. The van der Waals surface area contributed by atoms with E-state index in [4.69, 9.17) is 4.74 Å². The zero-order chi connectivity index (χ0) is 13.0. The number of methoxy groups -OCH3 is 1. The summed E-state index contributed by atoms with van der Waals surface area (Å²) < 4.78 is 5.52. The molecule has 0 aromatic heterocycles. The number of nitrogens with one attached hydrogen (secondary N) is 1. The molecule has 0 amide bonds. The van der Waals surface area contributed by atoms with Crippen LogP contribution in [0.1, 0.15) is 50.6 Å². The zero-order valence-electron chi connectivity index (χ0n) is 11.8. The molecule has 0 spiro atoms. The number of para-hydroxylation sites is 1. The summed E-state index contributed by atoms with van der Waals surface area (Å²) in [5.41, 5.74) is 1.65. The highest BCUT2D eigenvalue weighted by atomic mass is 16.5. The van der Waals surface area contributed by atoms with Crippen molar-refractivity contribution in [1.82, 2.24) is 5.32 Å². The van der Waals surface area contributed by atoms with Gasteiger partial charge in [0.2, 0.25) is 0 Å². The van der Waals surface area contributed by atoms with E-state index in [1.54, 1.807) is 7.11 Å². The van der Waals surface area contributed by atoms with Crippen LogP contribution in [-0.2, 0) is 0 Å². The lowest BCUT2D eigenvalue weighted by molar-refractivity contribution is 0.148. The maximum Gasteiger partial charge on any atom is 0.123 e. The molecule has 1 aromatic rings. The van der Waals surface area contributed by atoms with E-state index in [1.165, 1.54) is 37.7 Å². The molecule has 1 aromatic carbocycles. The summed E-state index contributed by atoms with van der Waals surface area (Å²) in [6.45, 7) is 2.42. The van der Waals surface area contributed by atoms with Crippen molar-refractivity contribution in [3.05, 3.63) is 29.8 Å². The molecule has 0 bridgehead atoms. The monoisotopic (exact) mass is 247 g/mol. The second-order valence-electron chi connectivity index (χ2n) is 5.68. The first-order chi connectivity index (χ1) is 8.71. The highest BCUT2D eigenvalue weighted by Crippen LogP contribution is 2.47. The molecule has 0 radical (unpaired) electrons. The molecule has 1 aliphatic rings. The van der Waals surface area contributed by atoms with Crippen molar-refractivity contribution in [3.63, 3.8) is 0 Å². The van der Waals surface area contributed by atoms with Gasteiger partial charge in [0.15, 0.2) is 0 Å². The fourth-order valence-corrected chi connectivity index (χ4v) is 3.43. The molecule has 2 heteroatoms. The number of benzene rings is 1. The lowest BCUT2D eigenvalue weighted by Crippen LogP contribution is -2.36. The number of rotatable bonds is 4. The number of hydrogen-bond donors (Lipinski definition) is 1. The Kier molecular flexibility index (Phi) is 4.28. The number of ether oxygens (including phenoxy) is 1. The van der Waals surface area contributed by atoms with Crippen molar-refractivity contribution in [3.8, 4) is 5.75 Å². The largest absolute Gasteiger partial charge is 0.496 e. The van der Waals surface area contributed by atoms with Gasteiger partial charge in [-0.2, -0.15) is 0 Å². The summed E-state index contributed by atoms with van der Waals surface area (Å²) >= 11 is 0. The molecule has 2 rings (SSSR count). The van der Waals surface area contributed by atoms with Gasteiger partial charge in [-0.3, -0.25) is 0 Å². The van der Waals surface area contributed by atoms with E-state index in [-0.39, 0.29) is 0 Å². The first-order valence-electron chi connectivity index (χ1n) is 7.01. The molecule has 1 fully saturated rings. The van der Waals surface area contributed by atoms with Crippen LogP contribution < -0.4 is 10.1 Å². The van der Waals surface area contributed by atoms with E-state index < -0.39 is 0 Å². The molecule has 0 heterocycles. The van der Waals surface area contributed by atoms with Crippen molar-refractivity contribution in [2.75, 3.05) is 14.2 Å². The summed E-state index contributed by atoms with van der Waals surface area (Å²) in [7, 11) is 3.83. The summed E-state index contributed by atoms with van der Waals surface area (Å²) in [6, 6.07) is 8.78. The Labute approximate surface area is 111 Å². The van der Waals surface area contributed by atoms with Crippen LogP contribution >= 0.6 is 0 Å².